The van der Waals surface area contributed by atoms with Gasteiger partial charge in [-0.1, -0.05) is 6.92 Å². The maximum absolute atomic E-state index is 12.2. The molecule has 0 aromatic carbocycles. The number of hydrogen-bond donors (Lipinski definition) is 1. The van der Waals surface area contributed by atoms with Crippen molar-refractivity contribution in [2.24, 2.45) is 11.7 Å². The minimum absolute atomic E-state index is 0.102. The molecular weight excluding hydrogens is 246 g/mol. The van der Waals surface area contributed by atoms with Crippen molar-refractivity contribution < 1.29 is 4.79 Å². The van der Waals surface area contributed by atoms with Crippen LogP contribution in [0.15, 0.2) is 0 Å². The number of fused-ring (bicyclic) bond motifs is 1. The Hall–Kier alpha value is -0.940. The quantitative estimate of drug-likeness (QED) is 0.909. The number of carbonyl (C=O) groups is 1. The molecule has 0 radical (unpaired) electrons. The van der Waals surface area contributed by atoms with Gasteiger partial charge in [0.1, 0.15) is 0 Å². The molecule has 1 aliphatic carbocycles. The Labute approximate surface area is 112 Å². The van der Waals surface area contributed by atoms with E-state index in [1.807, 2.05) is 25.8 Å². The van der Waals surface area contributed by atoms with Crippen LogP contribution < -0.4 is 5.73 Å². The molecule has 1 heterocycles. The average Bonchev–Trinajstić information content (AvgIpc) is 2.75. The van der Waals surface area contributed by atoms with E-state index in [0.29, 0.717) is 6.54 Å². The lowest BCUT2D eigenvalue weighted by atomic mass is 9.96. The summed E-state index contributed by atoms with van der Waals surface area (Å²) in [5, 5.41) is 1.10. The van der Waals surface area contributed by atoms with E-state index in [0.717, 1.165) is 24.3 Å². The second kappa shape index (κ2) is 5.36. The predicted octanol–water partition coefficient (Wildman–Crippen LogP) is 1.88. The van der Waals surface area contributed by atoms with Crippen LogP contribution >= 0.6 is 11.3 Å². The van der Waals surface area contributed by atoms with E-state index in [4.69, 9.17) is 5.73 Å². The molecule has 1 amide bonds. The molecule has 0 spiro atoms. The van der Waals surface area contributed by atoms with Crippen LogP contribution in [0.25, 0.3) is 0 Å². The fourth-order valence-corrected chi connectivity index (χ4v) is 3.64. The van der Waals surface area contributed by atoms with E-state index in [9.17, 15) is 4.79 Å². The van der Waals surface area contributed by atoms with Crippen molar-refractivity contribution in [3.8, 4) is 0 Å². The van der Waals surface area contributed by atoms with E-state index >= 15 is 0 Å². The predicted molar refractivity (Wildman–Crippen MR) is 73.5 cm³/mol. The number of amides is 1. The molecule has 0 bridgehead atoms. The minimum Gasteiger partial charge on any atom is -0.338 e. The second-order valence-corrected chi connectivity index (χ2v) is 6.27. The van der Waals surface area contributed by atoms with Crippen LogP contribution in [0, 0.1) is 12.8 Å². The van der Waals surface area contributed by atoms with E-state index in [1.165, 1.54) is 10.6 Å². The van der Waals surface area contributed by atoms with Gasteiger partial charge >= 0.3 is 0 Å². The van der Waals surface area contributed by atoms with E-state index in [1.54, 1.807) is 11.3 Å². The zero-order valence-electron chi connectivity index (χ0n) is 11.3. The molecule has 4 nitrogen and oxygen atoms in total. The van der Waals surface area contributed by atoms with Gasteiger partial charge in [0.15, 0.2) is 0 Å². The lowest BCUT2D eigenvalue weighted by molar-refractivity contribution is -0.135. The molecule has 100 valence electrons. The summed E-state index contributed by atoms with van der Waals surface area (Å²) in [6.45, 7) is 4.33. The molecule has 18 heavy (non-hydrogen) atoms. The Balaban J connectivity index is 2.22. The van der Waals surface area contributed by atoms with Crippen LogP contribution in [0.4, 0.5) is 0 Å². The highest BCUT2D eigenvalue weighted by molar-refractivity contribution is 7.11. The number of hydrogen-bond acceptors (Lipinski definition) is 4. The molecule has 5 heteroatoms. The lowest BCUT2D eigenvalue weighted by Crippen LogP contribution is -2.38. The third kappa shape index (κ3) is 2.42. The highest BCUT2D eigenvalue weighted by atomic mass is 32.1. The summed E-state index contributed by atoms with van der Waals surface area (Å²) in [4.78, 5) is 19.9. The first kappa shape index (κ1) is 13.5. The highest BCUT2D eigenvalue weighted by Gasteiger charge is 2.30. The molecule has 2 unspecified atom stereocenters. The second-order valence-electron chi connectivity index (χ2n) is 5.04. The number of nitrogens with zero attached hydrogens (tertiary/aromatic N) is 2. The SMILES string of the molecule is Cc1nc2c(s1)C(N(C)C(=O)C(C)CN)CCC2. The normalized spacial score (nSPS) is 20.3. The van der Waals surface area contributed by atoms with Gasteiger partial charge in [-0.3, -0.25) is 4.79 Å². The van der Waals surface area contributed by atoms with E-state index < -0.39 is 0 Å². The van der Waals surface area contributed by atoms with Gasteiger partial charge in [-0.05, 0) is 26.2 Å². The average molecular weight is 267 g/mol. The van der Waals surface area contributed by atoms with Crippen molar-refractivity contribution in [2.45, 2.75) is 39.2 Å². The third-order valence-electron chi connectivity index (χ3n) is 3.62. The summed E-state index contributed by atoms with van der Waals surface area (Å²) < 4.78 is 0. The molecule has 2 rings (SSSR count). The van der Waals surface area contributed by atoms with Gasteiger partial charge in [0.2, 0.25) is 5.91 Å². The number of aryl methyl sites for hydroxylation is 2. The number of aromatic nitrogens is 1. The van der Waals surface area contributed by atoms with E-state index in [2.05, 4.69) is 4.98 Å². The number of rotatable bonds is 3. The summed E-state index contributed by atoms with van der Waals surface area (Å²) in [5.74, 6) is 0.0378. The summed E-state index contributed by atoms with van der Waals surface area (Å²) in [7, 11) is 1.89. The molecule has 1 aromatic heterocycles. The Bertz CT molecular complexity index is 443. The zero-order valence-corrected chi connectivity index (χ0v) is 12.1. The molecular formula is C13H21N3OS. The molecule has 0 saturated carbocycles. The fraction of sp³-hybridized carbons (Fsp3) is 0.692. The Kier molecular flexibility index (Phi) is 4.02. The van der Waals surface area contributed by atoms with E-state index in [-0.39, 0.29) is 17.9 Å². The number of thiazole rings is 1. The van der Waals surface area contributed by atoms with Crippen LogP contribution in [0.5, 0.6) is 0 Å². The molecule has 1 aliphatic rings. The largest absolute Gasteiger partial charge is 0.338 e. The van der Waals surface area contributed by atoms with Crippen molar-refractivity contribution in [3.63, 3.8) is 0 Å². The van der Waals surface area contributed by atoms with Crippen molar-refractivity contribution >= 4 is 17.2 Å². The molecule has 2 atom stereocenters. The van der Waals surface area contributed by atoms with Gasteiger partial charge in [0.05, 0.1) is 21.6 Å². The Morgan fingerprint density at radius 2 is 2.39 bits per heavy atom. The summed E-state index contributed by atoms with van der Waals surface area (Å²) in [5.41, 5.74) is 6.77. The maximum Gasteiger partial charge on any atom is 0.226 e. The van der Waals surface area contributed by atoms with Crippen molar-refractivity contribution in [1.29, 1.82) is 0 Å². The van der Waals surface area contributed by atoms with Gasteiger partial charge in [0, 0.05) is 19.5 Å². The smallest absolute Gasteiger partial charge is 0.226 e. The summed E-state index contributed by atoms with van der Waals surface area (Å²) in [6.07, 6.45) is 3.19. The zero-order chi connectivity index (χ0) is 13.3. The van der Waals surface area contributed by atoms with Crippen LogP contribution in [-0.2, 0) is 11.2 Å². The van der Waals surface area contributed by atoms with Crippen molar-refractivity contribution in [1.82, 2.24) is 9.88 Å². The number of nitrogens with two attached hydrogens (primary N) is 1. The van der Waals surface area contributed by atoms with Gasteiger partial charge in [-0.15, -0.1) is 11.3 Å². The topological polar surface area (TPSA) is 59.2 Å². The molecule has 2 N–H and O–H groups in total. The molecule has 0 aliphatic heterocycles. The molecule has 1 aromatic rings. The summed E-state index contributed by atoms with van der Waals surface area (Å²) >= 11 is 1.73. The summed E-state index contributed by atoms with van der Waals surface area (Å²) in [6, 6.07) is 0.196. The van der Waals surface area contributed by atoms with Crippen molar-refractivity contribution in [3.05, 3.63) is 15.6 Å². The highest BCUT2D eigenvalue weighted by Crippen LogP contribution is 2.37. The Morgan fingerprint density at radius 1 is 1.67 bits per heavy atom. The third-order valence-corrected chi connectivity index (χ3v) is 4.73. The fourth-order valence-electron chi connectivity index (χ4n) is 2.49. The van der Waals surface area contributed by atoms with Gasteiger partial charge < -0.3 is 10.6 Å². The van der Waals surface area contributed by atoms with Crippen LogP contribution in [-0.4, -0.2) is 29.4 Å². The maximum atomic E-state index is 12.2. The van der Waals surface area contributed by atoms with Gasteiger partial charge in [-0.25, -0.2) is 4.98 Å². The first-order valence-electron chi connectivity index (χ1n) is 6.47. The minimum atomic E-state index is -0.102. The van der Waals surface area contributed by atoms with Crippen LogP contribution in [0.1, 0.15) is 41.4 Å². The monoisotopic (exact) mass is 267 g/mol. The molecule has 0 saturated heterocycles. The first-order valence-corrected chi connectivity index (χ1v) is 7.29. The number of carbonyl (C=O) groups excluding carboxylic acids is 1. The van der Waals surface area contributed by atoms with Gasteiger partial charge in [-0.2, -0.15) is 0 Å². The first-order chi connectivity index (χ1) is 8.54. The van der Waals surface area contributed by atoms with Crippen LogP contribution in [0.3, 0.4) is 0 Å². The standard InChI is InChI=1S/C13H21N3OS/c1-8(7-14)13(17)16(3)11-6-4-5-10-12(11)18-9(2)15-10/h8,11H,4-7,14H2,1-3H3. The lowest BCUT2D eigenvalue weighted by Gasteiger charge is -2.32. The van der Waals surface area contributed by atoms with Crippen molar-refractivity contribution in [2.75, 3.05) is 13.6 Å². The van der Waals surface area contributed by atoms with Crippen LogP contribution in [0.2, 0.25) is 0 Å². The Morgan fingerprint density at radius 3 is 3.06 bits per heavy atom. The van der Waals surface area contributed by atoms with Gasteiger partial charge in [0.25, 0.3) is 0 Å². The molecule has 0 fully saturated rings.